The fourth-order valence-corrected chi connectivity index (χ4v) is 2.59. The Morgan fingerprint density at radius 3 is 2.32 bits per heavy atom. The lowest BCUT2D eigenvalue weighted by Gasteiger charge is -2.09. The summed E-state index contributed by atoms with van der Waals surface area (Å²) in [7, 11) is 1.52. The summed E-state index contributed by atoms with van der Waals surface area (Å²) in [6.45, 7) is -0.211. The van der Waals surface area contributed by atoms with Crippen LogP contribution in [0.4, 0.5) is 0 Å². The number of nitrogens with one attached hydrogen (secondary N) is 1. The van der Waals surface area contributed by atoms with Gasteiger partial charge in [0, 0.05) is 5.02 Å². The van der Waals surface area contributed by atoms with Crippen molar-refractivity contribution in [1.82, 2.24) is 5.43 Å². The van der Waals surface area contributed by atoms with Gasteiger partial charge in [-0.25, -0.2) is 10.2 Å². The second-order valence-corrected chi connectivity index (χ2v) is 6.63. The van der Waals surface area contributed by atoms with Gasteiger partial charge in [-0.2, -0.15) is 5.10 Å². The summed E-state index contributed by atoms with van der Waals surface area (Å²) in [6.07, 6.45) is 1.46. The Morgan fingerprint density at radius 1 is 0.968 bits per heavy atom. The first-order chi connectivity index (χ1) is 15.0. The van der Waals surface area contributed by atoms with Gasteiger partial charge in [0.25, 0.3) is 5.91 Å². The number of hydrazone groups is 1. The van der Waals surface area contributed by atoms with Crippen molar-refractivity contribution >= 4 is 29.7 Å². The molecule has 0 radical (unpaired) electrons. The SMILES string of the molecule is COc1ccccc1OCC(=O)NN=Cc1ccc(OC(=O)c2ccc(Cl)cc2)cc1. The van der Waals surface area contributed by atoms with Crippen LogP contribution in [0.3, 0.4) is 0 Å². The summed E-state index contributed by atoms with van der Waals surface area (Å²) < 4.78 is 15.9. The van der Waals surface area contributed by atoms with Gasteiger partial charge in [-0.1, -0.05) is 23.7 Å². The molecule has 0 atom stereocenters. The van der Waals surface area contributed by atoms with E-state index in [1.165, 1.54) is 13.3 Å². The number of ether oxygens (including phenoxy) is 3. The van der Waals surface area contributed by atoms with E-state index in [0.717, 1.165) is 0 Å². The molecule has 0 aromatic heterocycles. The topological polar surface area (TPSA) is 86.2 Å². The molecule has 0 saturated heterocycles. The van der Waals surface area contributed by atoms with E-state index in [-0.39, 0.29) is 6.61 Å². The predicted molar refractivity (Wildman–Crippen MR) is 117 cm³/mol. The first kappa shape index (κ1) is 21.9. The van der Waals surface area contributed by atoms with E-state index in [1.807, 2.05) is 0 Å². The minimum Gasteiger partial charge on any atom is -0.493 e. The molecule has 7 nitrogen and oxygen atoms in total. The molecule has 1 amide bonds. The quantitative estimate of drug-likeness (QED) is 0.248. The predicted octanol–water partition coefficient (Wildman–Crippen LogP) is 4.10. The highest BCUT2D eigenvalue weighted by Gasteiger charge is 2.08. The molecule has 0 aliphatic carbocycles. The number of benzene rings is 3. The van der Waals surface area contributed by atoms with Crippen molar-refractivity contribution in [3.8, 4) is 17.2 Å². The van der Waals surface area contributed by atoms with Crippen LogP contribution in [0.2, 0.25) is 5.02 Å². The summed E-state index contributed by atoms with van der Waals surface area (Å²) in [4.78, 5) is 24.0. The summed E-state index contributed by atoms with van der Waals surface area (Å²) in [5.41, 5.74) is 3.48. The third-order valence-electron chi connectivity index (χ3n) is 4.00. The fourth-order valence-electron chi connectivity index (χ4n) is 2.47. The largest absolute Gasteiger partial charge is 0.493 e. The zero-order chi connectivity index (χ0) is 22.1. The molecule has 0 spiro atoms. The van der Waals surface area contributed by atoms with Gasteiger partial charge >= 0.3 is 5.97 Å². The second kappa shape index (κ2) is 10.8. The summed E-state index contributed by atoms with van der Waals surface area (Å²) in [6, 6.07) is 20.1. The van der Waals surface area contributed by atoms with E-state index in [9.17, 15) is 9.59 Å². The van der Waals surface area contributed by atoms with Crippen LogP contribution < -0.4 is 19.6 Å². The van der Waals surface area contributed by atoms with E-state index < -0.39 is 11.9 Å². The van der Waals surface area contributed by atoms with Crippen molar-refractivity contribution in [1.29, 1.82) is 0 Å². The number of nitrogens with zero attached hydrogens (tertiary/aromatic N) is 1. The smallest absolute Gasteiger partial charge is 0.343 e. The van der Waals surface area contributed by atoms with Gasteiger partial charge in [-0.15, -0.1) is 0 Å². The molecule has 0 aliphatic rings. The van der Waals surface area contributed by atoms with Crippen molar-refractivity contribution < 1.29 is 23.8 Å². The minimum atomic E-state index is -0.486. The Bertz CT molecular complexity index is 1070. The lowest BCUT2D eigenvalue weighted by molar-refractivity contribution is -0.123. The standard InChI is InChI=1S/C23H19ClN2O5/c1-29-20-4-2-3-5-21(20)30-15-22(27)26-25-14-16-6-12-19(13-7-16)31-23(28)17-8-10-18(24)11-9-17/h2-14H,15H2,1H3,(H,26,27). The third kappa shape index (κ3) is 6.58. The molecule has 0 saturated carbocycles. The lowest BCUT2D eigenvalue weighted by Crippen LogP contribution is -2.24. The van der Waals surface area contributed by atoms with Crippen molar-refractivity contribution in [3.05, 3.63) is 88.9 Å². The average Bonchev–Trinajstić information content (AvgIpc) is 2.79. The Kier molecular flexibility index (Phi) is 7.61. The van der Waals surface area contributed by atoms with Crippen LogP contribution in [0.5, 0.6) is 17.2 Å². The van der Waals surface area contributed by atoms with Crippen molar-refractivity contribution in [2.24, 2.45) is 5.10 Å². The number of hydrogen-bond acceptors (Lipinski definition) is 6. The molecule has 0 bridgehead atoms. The number of rotatable bonds is 8. The zero-order valence-electron chi connectivity index (χ0n) is 16.6. The Morgan fingerprint density at radius 2 is 1.65 bits per heavy atom. The van der Waals surface area contributed by atoms with Crippen LogP contribution in [-0.4, -0.2) is 31.8 Å². The number of esters is 1. The highest BCUT2D eigenvalue weighted by atomic mass is 35.5. The van der Waals surface area contributed by atoms with Crippen LogP contribution >= 0.6 is 11.6 Å². The lowest BCUT2D eigenvalue weighted by atomic mass is 10.2. The molecular weight excluding hydrogens is 420 g/mol. The molecule has 158 valence electrons. The highest BCUT2D eigenvalue weighted by molar-refractivity contribution is 6.30. The van der Waals surface area contributed by atoms with Crippen LogP contribution in [0.25, 0.3) is 0 Å². The van der Waals surface area contributed by atoms with Gasteiger partial charge in [0.2, 0.25) is 0 Å². The number of carbonyl (C=O) groups excluding carboxylic acids is 2. The van der Waals surface area contributed by atoms with E-state index >= 15 is 0 Å². The van der Waals surface area contributed by atoms with Crippen molar-refractivity contribution in [2.75, 3.05) is 13.7 Å². The summed E-state index contributed by atoms with van der Waals surface area (Å²) >= 11 is 5.81. The first-order valence-electron chi connectivity index (χ1n) is 9.20. The molecule has 31 heavy (non-hydrogen) atoms. The Labute approximate surface area is 184 Å². The van der Waals surface area contributed by atoms with Crippen LogP contribution in [0, 0.1) is 0 Å². The minimum absolute atomic E-state index is 0.211. The van der Waals surface area contributed by atoms with Crippen LogP contribution in [0.1, 0.15) is 15.9 Å². The van der Waals surface area contributed by atoms with Gasteiger partial charge in [0.15, 0.2) is 18.1 Å². The molecule has 8 heteroatoms. The van der Waals surface area contributed by atoms with Gasteiger partial charge in [0.1, 0.15) is 5.75 Å². The Balaban J connectivity index is 1.47. The number of carbonyl (C=O) groups is 2. The number of para-hydroxylation sites is 2. The van der Waals surface area contributed by atoms with Crippen molar-refractivity contribution in [3.63, 3.8) is 0 Å². The molecular formula is C23H19ClN2O5. The first-order valence-corrected chi connectivity index (χ1v) is 9.58. The molecule has 3 aromatic rings. The van der Waals surface area contributed by atoms with Gasteiger partial charge in [0.05, 0.1) is 18.9 Å². The summed E-state index contributed by atoms with van der Waals surface area (Å²) in [5.74, 6) is 0.478. The molecule has 0 aliphatic heterocycles. The van der Waals surface area contributed by atoms with Crippen LogP contribution in [-0.2, 0) is 4.79 Å². The van der Waals surface area contributed by atoms with E-state index in [4.69, 9.17) is 25.8 Å². The number of methoxy groups -OCH3 is 1. The monoisotopic (exact) mass is 438 g/mol. The van der Waals surface area contributed by atoms with E-state index in [2.05, 4.69) is 10.5 Å². The van der Waals surface area contributed by atoms with Crippen LogP contribution in [0.15, 0.2) is 77.9 Å². The second-order valence-electron chi connectivity index (χ2n) is 6.20. The maximum atomic E-state index is 12.1. The number of hydrogen-bond donors (Lipinski definition) is 1. The normalized spacial score (nSPS) is 10.5. The average molecular weight is 439 g/mol. The molecule has 3 aromatic carbocycles. The highest BCUT2D eigenvalue weighted by Crippen LogP contribution is 2.25. The summed E-state index contributed by atoms with van der Waals surface area (Å²) in [5, 5.41) is 4.43. The maximum absolute atomic E-state index is 12.1. The van der Waals surface area contributed by atoms with E-state index in [1.54, 1.807) is 72.8 Å². The molecule has 0 fully saturated rings. The fraction of sp³-hybridized carbons (Fsp3) is 0.0870. The number of amides is 1. The maximum Gasteiger partial charge on any atom is 0.343 e. The molecule has 3 rings (SSSR count). The van der Waals surface area contributed by atoms with E-state index in [0.29, 0.717) is 33.4 Å². The molecule has 0 heterocycles. The molecule has 1 N–H and O–H groups in total. The number of halogens is 1. The Hall–Kier alpha value is -3.84. The molecule has 0 unspecified atom stereocenters. The zero-order valence-corrected chi connectivity index (χ0v) is 17.3. The van der Waals surface area contributed by atoms with Crippen molar-refractivity contribution in [2.45, 2.75) is 0 Å². The van der Waals surface area contributed by atoms with Gasteiger partial charge in [-0.05, 0) is 66.2 Å². The third-order valence-corrected chi connectivity index (χ3v) is 4.25. The van der Waals surface area contributed by atoms with Gasteiger partial charge in [-0.3, -0.25) is 4.79 Å². The van der Waals surface area contributed by atoms with Gasteiger partial charge < -0.3 is 14.2 Å².